The van der Waals surface area contributed by atoms with Crippen molar-refractivity contribution in [1.82, 2.24) is 0 Å². The summed E-state index contributed by atoms with van der Waals surface area (Å²) >= 11 is 0. The van der Waals surface area contributed by atoms with E-state index in [0.29, 0.717) is 11.5 Å². The predicted molar refractivity (Wildman–Crippen MR) is 65.3 cm³/mol. The molecule has 0 fully saturated rings. The molecule has 1 aromatic carbocycles. The zero-order valence-corrected chi connectivity index (χ0v) is 10.8. The van der Waals surface area contributed by atoms with Gasteiger partial charge in [-0.05, 0) is 26.0 Å². The Morgan fingerprint density at radius 2 is 1.78 bits per heavy atom. The second-order valence-corrected chi connectivity index (χ2v) is 4.33. The lowest BCUT2D eigenvalue weighted by molar-refractivity contribution is -0.144. The summed E-state index contributed by atoms with van der Waals surface area (Å²) in [7, 11) is 2.91. The van der Waals surface area contributed by atoms with Gasteiger partial charge in [0.1, 0.15) is 16.9 Å². The molecule has 0 aromatic heterocycles. The second-order valence-electron chi connectivity index (χ2n) is 4.33. The van der Waals surface area contributed by atoms with Crippen LogP contribution in [-0.2, 0) is 4.79 Å². The molecule has 0 radical (unpaired) electrons. The van der Waals surface area contributed by atoms with E-state index in [9.17, 15) is 9.59 Å². The van der Waals surface area contributed by atoms with Crippen LogP contribution in [0.1, 0.15) is 24.2 Å². The quantitative estimate of drug-likeness (QED) is 0.641. The van der Waals surface area contributed by atoms with Crippen LogP contribution in [0, 0.1) is 5.41 Å². The topological polar surface area (TPSA) is 72.8 Å². The van der Waals surface area contributed by atoms with Crippen LogP contribution in [-0.4, -0.2) is 31.1 Å². The summed E-state index contributed by atoms with van der Waals surface area (Å²) in [5.74, 6) is -0.843. The molecule has 0 aliphatic heterocycles. The number of hydrogen-bond donors (Lipinski definition) is 1. The fourth-order valence-corrected chi connectivity index (χ4v) is 1.42. The van der Waals surface area contributed by atoms with Gasteiger partial charge < -0.3 is 14.6 Å². The molecule has 0 aliphatic carbocycles. The number of aliphatic carboxylic acids is 1. The maximum Gasteiger partial charge on any atom is 0.317 e. The molecule has 0 aliphatic rings. The Bertz CT molecular complexity index is 476. The van der Waals surface area contributed by atoms with E-state index in [1.54, 1.807) is 12.1 Å². The van der Waals surface area contributed by atoms with Crippen LogP contribution in [0.25, 0.3) is 0 Å². The molecular formula is C13H16O5. The van der Waals surface area contributed by atoms with Crippen LogP contribution in [0.4, 0.5) is 0 Å². The largest absolute Gasteiger partial charge is 0.497 e. The molecule has 0 atom stereocenters. The van der Waals surface area contributed by atoms with Crippen molar-refractivity contribution in [2.75, 3.05) is 14.2 Å². The van der Waals surface area contributed by atoms with E-state index >= 15 is 0 Å². The number of rotatable bonds is 5. The Labute approximate surface area is 105 Å². The molecule has 18 heavy (non-hydrogen) atoms. The fraction of sp³-hybridized carbons (Fsp3) is 0.385. The van der Waals surface area contributed by atoms with Crippen molar-refractivity contribution >= 4 is 11.8 Å². The fourth-order valence-electron chi connectivity index (χ4n) is 1.42. The van der Waals surface area contributed by atoms with E-state index < -0.39 is 17.2 Å². The lowest BCUT2D eigenvalue weighted by Crippen LogP contribution is -2.33. The number of methoxy groups -OCH3 is 2. The van der Waals surface area contributed by atoms with Crippen molar-refractivity contribution in [2.24, 2.45) is 5.41 Å². The molecule has 5 heteroatoms. The van der Waals surface area contributed by atoms with Gasteiger partial charge in [0.25, 0.3) is 0 Å². The summed E-state index contributed by atoms with van der Waals surface area (Å²) < 4.78 is 10.1. The summed E-state index contributed by atoms with van der Waals surface area (Å²) in [5.41, 5.74) is -1.27. The Morgan fingerprint density at radius 1 is 1.17 bits per heavy atom. The number of carbonyl (C=O) groups is 2. The summed E-state index contributed by atoms with van der Waals surface area (Å²) in [6, 6.07) is 4.64. The molecule has 0 unspecified atom stereocenters. The molecule has 1 rings (SSSR count). The Hall–Kier alpha value is -2.04. The zero-order valence-electron chi connectivity index (χ0n) is 10.8. The van der Waals surface area contributed by atoms with Crippen molar-refractivity contribution in [3.63, 3.8) is 0 Å². The lowest BCUT2D eigenvalue weighted by atomic mass is 9.84. The van der Waals surface area contributed by atoms with Crippen molar-refractivity contribution in [3.8, 4) is 11.5 Å². The highest BCUT2D eigenvalue weighted by molar-refractivity contribution is 6.12. The minimum Gasteiger partial charge on any atom is -0.497 e. The van der Waals surface area contributed by atoms with Crippen LogP contribution in [0.5, 0.6) is 11.5 Å². The average Bonchev–Trinajstić information content (AvgIpc) is 2.36. The van der Waals surface area contributed by atoms with Gasteiger partial charge in [0.2, 0.25) is 0 Å². The number of Topliss-reactive ketones (excluding diaryl/α,β-unsaturated/α-hetero) is 1. The number of benzene rings is 1. The third-order valence-corrected chi connectivity index (χ3v) is 2.76. The van der Waals surface area contributed by atoms with Gasteiger partial charge in [-0.2, -0.15) is 0 Å². The number of hydrogen-bond acceptors (Lipinski definition) is 4. The second kappa shape index (κ2) is 5.08. The Kier molecular flexibility index (Phi) is 3.96. The first-order valence-electron chi connectivity index (χ1n) is 5.34. The van der Waals surface area contributed by atoms with E-state index in [0.717, 1.165) is 0 Å². The minimum atomic E-state index is -1.50. The van der Waals surface area contributed by atoms with Gasteiger partial charge in [-0.15, -0.1) is 0 Å². The molecule has 0 saturated carbocycles. The highest BCUT2D eigenvalue weighted by Crippen LogP contribution is 2.30. The molecule has 1 aromatic rings. The maximum atomic E-state index is 12.2. The molecule has 98 valence electrons. The first kappa shape index (κ1) is 14.0. The van der Waals surface area contributed by atoms with E-state index in [1.165, 1.54) is 34.1 Å². The van der Waals surface area contributed by atoms with Gasteiger partial charge in [-0.1, -0.05) is 0 Å². The molecule has 0 spiro atoms. The molecule has 5 nitrogen and oxygen atoms in total. The van der Waals surface area contributed by atoms with Gasteiger partial charge in [-0.3, -0.25) is 9.59 Å². The predicted octanol–water partition coefficient (Wildman–Crippen LogP) is 2.00. The molecule has 0 heterocycles. The molecule has 0 bridgehead atoms. The molecule has 1 N–H and O–H groups in total. The summed E-state index contributed by atoms with van der Waals surface area (Å²) in [4.78, 5) is 23.3. The standard InChI is InChI=1S/C13H16O5/c1-13(2,12(15)16)11(14)9-6-5-8(17-3)7-10(9)18-4/h5-7H,1-4H3,(H,15,16). The van der Waals surface area contributed by atoms with E-state index in [4.69, 9.17) is 14.6 Å². The number of ketones is 1. The van der Waals surface area contributed by atoms with Crippen molar-refractivity contribution in [1.29, 1.82) is 0 Å². The molecule has 0 amide bonds. The minimum absolute atomic E-state index is 0.228. The lowest BCUT2D eigenvalue weighted by Gasteiger charge is -2.19. The van der Waals surface area contributed by atoms with Crippen LogP contribution in [0.3, 0.4) is 0 Å². The first-order valence-corrected chi connectivity index (χ1v) is 5.34. The van der Waals surface area contributed by atoms with Crippen LogP contribution in [0.2, 0.25) is 0 Å². The average molecular weight is 252 g/mol. The smallest absolute Gasteiger partial charge is 0.317 e. The summed E-state index contributed by atoms with van der Waals surface area (Å²) in [6.45, 7) is 2.72. The van der Waals surface area contributed by atoms with Crippen molar-refractivity contribution < 1.29 is 24.2 Å². The zero-order chi connectivity index (χ0) is 13.9. The Balaban J connectivity index is 3.25. The van der Waals surface area contributed by atoms with Gasteiger partial charge in [0, 0.05) is 6.07 Å². The van der Waals surface area contributed by atoms with Gasteiger partial charge in [0.15, 0.2) is 5.78 Å². The SMILES string of the molecule is COc1ccc(C(=O)C(C)(C)C(=O)O)c(OC)c1. The highest BCUT2D eigenvalue weighted by Gasteiger charge is 2.37. The van der Waals surface area contributed by atoms with Crippen LogP contribution in [0.15, 0.2) is 18.2 Å². The summed E-state index contributed by atoms with van der Waals surface area (Å²) in [5, 5.41) is 9.05. The molecular weight excluding hydrogens is 236 g/mol. The maximum absolute atomic E-state index is 12.2. The normalized spacial score (nSPS) is 10.9. The van der Waals surface area contributed by atoms with Crippen molar-refractivity contribution in [3.05, 3.63) is 23.8 Å². The number of ether oxygens (including phenoxy) is 2. The van der Waals surface area contributed by atoms with E-state index in [1.807, 2.05) is 0 Å². The van der Waals surface area contributed by atoms with Crippen molar-refractivity contribution in [2.45, 2.75) is 13.8 Å². The molecule has 0 saturated heterocycles. The van der Waals surface area contributed by atoms with Gasteiger partial charge in [0.05, 0.1) is 19.8 Å². The van der Waals surface area contributed by atoms with Crippen LogP contribution < -0.4 is 9.47 Å². The number of carboxylic acid groups (broad SMARTS) is 1. The van der Waals surface area contributed by atoms with E-state index in [2.05, 4.69) is 0 Å². The first-order chi connectivity index (χ1) is 8.34. The number of carboxylic acids is 1. The van der Waals surface area contributed by atoms with E-state index in [-0.39, 0.29) is 5.56 Å². The van der Waals surface area contributed by atoms with Gasteiger partial charge >= 0.3 is 5.97 Å². The highest BCUT2D eigenvalue weighted by atomic mass is 16.5. The van der Waals surface area contributed by atoms with Gasteiger partial charge in [-0.25, -0.2) is 0 Å². The monoisotopic (exact) mass is 252 g/mol. The van der Waals surface area contributed by atoms with Crippen LogP contribution >= 0.6 is 0 Å². The third kappa shape index (κ3) is 2.45. The summed E-state index contributed by atoms with van der Waals surface area (Å²) in [6.07, 6.45) is 0. The Morgan fingerprint density at radius 3 is 2.22 bits per heavy atom. The third-order valence-electron chi connectivity index (χ3n) is 2.76. The number of carbonyl (C=O) groups excluding carboxylic acids is 1.